The average Bonchev–Trinajstić information content (AvgIpc) is 2.28. The van der Waals surface area contributed by atoms with Crippen LogP contribution in [0.4, 0.5) is 5.69 Å². The molecule has 0 aliphatic carbocycles. The van der Waals surface area contributed by atoms with Crippen molar-refractivity contribution in [1.82, 2.24) is 5.32 Å². The molecule has 4 nitrogen and oxygen atoms in total. The molecule has 6 heteroatoms. The maximum atomic E-state index is 11.7. The second kappa shape index (κ2) is 7.89. The molecule has 1 rings (SSSR count). The molecule has 0 bridgehead atoms. The predicted octanol–water partition coefficient (Wildman–Crippen LogP) is 2.09. The van der Waals surface area contributed by atoms with Crippen LogP contribution in [0.1, 0.15) is 6.92 Å². The molecule has 19 heavy (non-hydrogen) atoms. The molecule has 0 aliphatic heterocycles. The van der Waals surface area contributed by atoms with E-state index in [4.69, 9.17) is 0 Å². The Kier molecular flexibility index (Phi) is 6.85. The molecule has 0 aliphatic rings. The van der Waals surface area contributed by atoms with Crippen LogP contribution in [-0.4, -0.2) is 41.7 Å². The van der Waals surface area contributed by atoms with E-state index >= 15 is 0 Å². The van der Waals surface area contributed by atoms with Crippen LogP contribution in [-0.2, 0) is 4.79 Å². The van der Waals surface area contributed by atoms with Crippen LogP contribution in [0.25, 0.3) is 0 Å². The number of rotatable bonds is 7. The Morgan fingerprint density at radius 2 is 2.26 bits per heavy atom. The van der Waals surface area contributed by atoms with Crippen LogP contribution in [0, 0.1) is 0 Å². The summed E-state index contributed by atoms with van der Waals surface area (Å²) in [6, 6.07) is 7.41. The van der Waals surface area contributed by atoms with Crippen LogP contribution in [0.15, 0.2) is 28.7 Å². The molecule has 1 unspecified atom stereocenters. The molecule has 3 N–H and O–H groups in total. The first kappa shape index (κ1) is 16.5. The Labute approximate surface area is 126 Å². The van der Waals surface area contributed by atoms with Gasteiger partial charge in [-0.2, -0.15) is 11.8 Å². The summed E-state index contributed by atoms with van der Waals surface area (Å²) >= 11 is 4.92. The highest BCUT2D eigenvalue weighted by molar-refractivity contribution is 9.10. The van der Waals surface area contributed by atoms with Crippen molar-refractivity contribution in [2.45, 2.75) is 12.5 Å². The fraction of sp³-hybridized carbons (Fsp3) is 0.462. The number of carbonyl (C=O) groups is 1. The lowest BCUT2D eigenvalue weighted by Gasteiger charge is -2.22. The molecule has 1 aromatic carbocycles. The van der Waals surface area contributed by atoms with Crippen molar-refractivity contribution in [3.05, 3.63) is 28.7 Å². The summed E-state index contributed by atoms with van der Waals surface area (Å²) in [6.07, 6.45) is 1.94. The van der Waals surface area contributed by atoms with Gasteiger partial charge in [0.25, 0.3) is 0 Å². The van der Waals surface area contributed by atoms with Crippen LogP contribution in [0.2, 0.25) is 0 Å². The summed E-state index contributed by atoms with van der Waals surface area (Å²) in [6.45, 7) is 2.32. The molecule has 1 atom stereocenters. The van der Waals surface area contributed by atoms with Gasteiger partial charge in [-0.05, 0) is 31.4 Å². The van der Waals surface area contributed by atoms with Crippen LogP contribution in [0.3, 0.4) is 0 Å². The number of hydrogen-bond acceptors (Lipinski definition) is 4. The topological polar surface area (TPSA) is 61.4 Å². The molecule has 0 aromatic heterocycles. The van der Waals surface area contributed by atoms with E-state index in [0.29, 0.717) is 12.3 Å². The number of amides is 1. The summed E-state index contributed by atoms with van der Waals surface area (Å²) in [5.74, 6) is 0.505. The predicted molar refractivity (Wildman–Crippen MR) is 84.6 cm³/mol. The van der Waals surface area contributed by atoms with E-state index in [1.165, 1.54) is 0 Å². The highest BCUT2D eigenvalue weighted by Crippen LogP contribution is 2.15. The SMILES string of the molecule is CSCC(C)(O)CNCC(=O)Nc1cccc(Br)c1. The number of carbonyl (C=O) groups excluding carboxylic acids is 1. The van der Waals surface area contributed by atoms with E-state index in [1.54, 1.807) is 18.7 Å². The molecular formula is C13H19BrN2O2S. The third-order valence-electron chi connectivity index (χ3n) is 2.36. The number of thioether (sulfide) groups is 1. The highest BCUT2D eigenvalue weighted by atomic mass is 79.9. The zero-order chi connectivity index (χ0) is 14.3. The Bertz CT molecular complexity index is 427. The first-order valence-corrected chi connectivity index (χ1v) is 8.09. The second-order valence-corrected chi connectivity index (χ2v) is 6.37. The number of aliphatic hydroxyl groups is 1. The number of anilines is 1. The minimum absolute atomic E-state index is 0.127. The monoisotopic (exact) mass is 346 g/mol. The van der Waals surface area contributed by atoms with E-state index in [9.17, 15) is 9.90 Å². The summed E-state index contributed by atoms with van der Waals surface area (Å²) in [4.78, 5) is 11.7. The molecule has 106 valence electrons. The fourth-order valence-corrected chi connectivity index (χ4v) is 2.70. The maximum Gasteiger partial charge on any atom is 0.238 e. The number of halogens is 1. The highest BCUT2D eigenvalue weighted by Gasteiger charge is 2.19. The van der Waals surface area contributed by atoms with Crippen molar-refractivity contribution < 1.29 is 9.90 Å². The summed E-state index contributed by atoms with van der Waals surface area (Å²) in [7, 11) is 0. The van der Waals surface area contributed by atoms with E-state index in [2.05, 4.69) is 26.6 Å². The maximum absolute atomic E-state index is 11.7. The summed E-state index contributed by atoms with van der Waals surface area (Å²) < 4.78 is 0.918. The van der Waals surface area contributed by atoms with Crippen molar-refractivity contribution in [3.8, 4) is 0 Å². The summed E-state index contributed by atoms with van der Waals surface area (Å²) in [5, 5.41) is 15.7. The van der Waals surface area contributed by atoms with Gasteiger partial charge in [-0.15, -0.1) is 0 Å². The van der Waals surface area contributed by atoms with E-state index in [1.807, 2.05) is 30.5 Å². The van der Waals surface area contributed by atoms with Crippen LogP contribution >= 0.6 is 27.7 Å². The van der Waals surface area contributed by atoms with Gasteiger partial charge < -0.3 is 15.7 Å². The van der Waals surface area contributed by atoms with Gasteiger partial charge in [0, 0.05) is 22.5 Å². The van der Waals surface area contributed by atoms with Crippen molar-refractivity contribution >= 4 is 39.3 Å². The number of nitrogens with one attached hydrogen (secondary N) is 2. The van der Waals surface area contributed by atoms with E-state index in [-0.39, 0.29) is 12.5 Å². The van der Waals surface area contributed by atoms with E-state index < -0.39 is 5.60 Å². The lowest BCUT2D eigenvalue weighted by molar-refractivity contribution is -0.115. The minimum Gasteiger partial charge on any atom is -0.388 e. The zero-order valence-corrected chi connectivity index (χ0v) is 13.5. The molecular weight excluding hydrogens is 328 g/mol. The Balaban J connectivity index is 2.32. The first-order chi connectivity index (χ1) is 8.93. The third-order valence-corrected chi connectivity index (χ3v) is 3.76. The van der Waals surface area contributed by atoms with Gasteiger partial charge in [-0.3, -0.25) is 4.79 Å². The molecule has 0 saturated heterocycles. The lowest BCUT2D eigenvalue weighted by atomic mass is 10.1. The Morgan fingerprint density at radius 3 is 2.89 bits per heavy atom. The minimum atomic E-state index is -0.796. The third kappa shape index (κ3) is 6.96. The molecule has 0 spiro atoms. The molecule has 0 fully saturated rings. The van der Waals surface area contributed by atoms with Gasteiger partial charge in [0.1, 0.15) is 0 Å². The van der Waals surface area contributed by atoms with Crippen molar-refractivity contribution in [2.75, 3.05) is 30.4 Å². The average molecular weight is 347 g/mol. The zero-order valence-electron chi connectivity index (χ0n) is 11.1. The van der Waals surface area contributed by atoms with Crippen molar-refractivity contribution in [2.24, 2.45) is 0 Å². The van der Waals surface area contributed by atoms with Gasteiger partial charge in [-0.1, -0.05) is 22.0 Å². The second-order valence-electron chi connectivity index (χ2n) is 4.59. The number of benzene rings is 1. The quantitative estimate of drug-likeness (QED) is 0.707. The Hall–Kier alpha value is -0.560. The van der Waals surface area contributed by atoms with Crippen LogP contribution < -0.4 is 10.6 Å². The smallest absolute Gasteiger partial charge is 0.238 e. The molecule has 1 amide bonds. The van der Waals surface area contributed by atoms with Gasteiger partial charge in [0.05, 0.1) is 12.1 Å². The number of hydrogen-bond donors (Lipinski definition) is 3. The van der Waals surface area contributed by atoms with Gasteiger partial charge in [-0.25, -0.2) is 0 Å². The largest absolute Gasteiger partial charge is 0.388 e. The van der Waals surface area contributed by atoms with Gasteiger partial charge >= 0.3 is 0 Å². The van der Waals surface area contributed by atoms with Crippen molar-refractivity contribution in [3.63, 3.8) is 0 Å². The standard InChI is InChI=1S/C13H19BrN2O2S/c1-13(18,9-19-2)8-15-7-12(17)16-11-5-3-4-10(14)6-11/h3-6,15,18H,7-9H2,1-2H3,(H,16,17). The summed E-state index contributed by atoms with van der Waals surface area (Å²) in [5.41, 5.74) is -0.0489. The van der Waals surface area contributed by atoms with Gasteiger partial charge in [0.2, 0.25) is 5.91 Å². The van der Waals surface area contributed by atoms with Crippen molar-refractivity contribution in [1.29, 1.82) is 0 Å². The lowest BCUT2D eigenvalue weighted by Crippen LogP contribution is -2.42. The molecule has 1 aromatic rings. The first-order valence-electron chi connectivity index (χ1n) is 5.90. The van der Waals surface area contributed by atoms with Gasteiger partial charge in [0.15, 0.2) is 0 Å². The Morgan fingerprint density at radius 1 is 1.53 bits per heavy atom. The van der Waals surface area contributed by atoms with E-state index in [0.717, 1.165) is 10.2 Å². The molecule has 0 heterocycles. The fourth-order valence-electron chi connectivity index (χ4n) is 1.58. The molecule has 0 saturated carbocycles. The van der Waals surface area contributed by atoms with Crippen LogP contribution in [0.5, 0.6) is 0 Å². The normalized spacial score (nSPS) is 13.9. The molecule has 0 radical (unpaired) electrons.